The van der Waals surface area contributed by atoms with Gasteiger partial charge in [-0.2, -0.15) is 0 Å². The summed E-state index contributed by atoms with van der Waals surface area (Å²) in [5.74, 6) is -0.413. The number of nitrogens with two attached hydrogens (primary N) is 2. The van der Waals surface area contributed by atoms with E-state index in [1.165, 1.54) is 0 Å². The zero-order chi connectivity index (χ0) is 12.5. The number of rotatable bonds is 2. The number of nitrogens with one attached hydrogen (secondary N) is 2. The predicted octanol–water partition coefficient (Wildman–Crippen LogP) is -0.522. The summed E-state index contributed by atoms with van der Waals surface area (Å²) in [5, 5.41) is 6.61. The summed E-state index contributed by atoms with van der Waals surface area (Å²) in [6, 6.07) is 7.34. The van der Waals surface area contributed by atoms with Crippen LogP contribution >= 0.6 is 0 Å². The van der Waals surface area contributed by atoms with Crippen LogP contribution < -0.4 is 22.1 Å². The average molecular weight is 234 g/mol. The van der Waals surface area contributed by atoms with E-state index in [4.69, 9.17) is 11.5 Å². The highest BCUT2D eigenvalue weighted by atomic mass is 16.1. The van der Waals surface area contributed by atoms with Crippen molar-refractivity contribution in [1.82, 2.24) is 10.6 Å². The summed E-state index contributed by atoms with van der Waals surface area (Å²) < 4.78 is 0. The molecule has 1 aromatic carbocycles. The van der Waals surface area contributed by atoms with Gasteiger partial charge in [-0.05, 0) is 24.6 Å². The summed E-state index contributed by atoms with van der Waals surface area (Å²) in [6.07, 6.45) is -0.0917. The number of hydrogen-bond donors (Lipinski definition) is 4. The van der Waals surface area contributed by atoms with Crippen molar-refractivity contribution in [2.75, 3.05) is 13.1 Å². The number of hydrogen-bond acceptors (Lipinski definition) is 4. The summed E-state index contributed by atoms with van der Waals surface area (Å²) in [6.45, 7) is 3.56. The minimum absolute atomic E-state index is 0.0917. The minimum atomic E-state index is -0.413. The second-order valence-corrected chi connectivity index (χ2v) is 4.66. The van der Waals surface area contributed by atoms with Crippen LogP contribution in [0.4, 0.5) is 0 Å². The Morgan fingerprint density at radius 2 is 2.29 bits per heavy atom. The van der Waals surface area contributed by atoms with Crippen molar-refractivity contribution in [1.29, 1.82) is 0 Å². The molecule has 6 N–H and O–H groups in total. The molecule has 1 aromatic rings. The lowest BCUT2D eigenvalue weighted by Crippen LogP contribution is -2.63. The van der Waals surface area contributed by atoms with Crippen molar-refractivity contribution < 1.29 is 4.79 Å². The van der Waals surface area contributed by atoms with Crippen molar-refractivity contribution >= 4 is 5.91 Å². The maximum absolute atomic E-state index is 11.2. The number of benzene rings is 1. The summed E-state index contributed by atoms with van der Waals surface area (Å²) >= 11 is 0. The third-order valence-corrected chi connectivity index (χ3v) is 3.13. The SMILES string of the molecule is CC1(c2cccc(C(N)=O)c2)CNC[C@@H](N)N1. The standard InChI is InChI=1S/C12H18N4O/c1-12(7-15-6-10(13)16-12)9-4-2-3-8(5-9)11(14)17/h2-5,10,15-16H,6-7,13H2,1H3,(H2,14,17)/t10-,12?/m0/s1. The third-order valence-electron chi connectivity index (χ3n) is 3.13. The van der Waals surface area contributed by atoms with Gasteiger partial charge in [-0.25, -0.2) is 0 Å². The van der Waals surface area contributed by atoms with E-state index in [-0.39, 0.29) is 11.7 Å². The molecule has 1 saturated heterocycles. The Hall–Kier alpha value is -1.43. The summed E-state index contributed by atoms with van der Waals surface area (Å²) in [4.78, 5) is 11.2. The molecule has 1 aliphatic heterocycles. The van der Waals surface area contributed by atoms with Crippen LogP contribution in [0.15, 0.2) is 24.3 Å². The van der Waals surface area contributed by atoms with E-state index < -0.39 is 5.91 Å². The Bertz CT molecular complexity index is 434. The first-order valence-electron chi connectivity index (χ1n) is 5.66. The van der Waals surface area contributed by atoms with Gasteiger partial charge in [0.25, 0.3) is 0 Å². The van der Waals surface area contributed by atoms with Crippen LogP contribution in [-0.4, -0.2) is 25.2 Å². The number of amides is 1. The summed E-state index contributed by atoms with van der Waals surface area (Å²) in [7, 11) is 0. The van der Waals surface area contributed by atoms with E-state index in [0.717, 1.165) is 18.7 Å². The fourth-order valence-corrected chi connectivity index (χ4v) is 2.19. The quantitative estimate of drug-likeness (QED) is 0.554. The molecular formula is C12H18N4O. The predicted molar refractivity (Wildman–Crippen MR) is 66.3 cm³/mol. The van der Waals surface area contributed by atoms with Gasteiger partial charge in [0.1, 0.15) is 0 Å². The van der Waals surface area contributed by atoms with E-state index in [9.17, 15) is 4.79 Å². The Morgan fingerprint density at radius 1 is 1.53 bits per heavy atom. The van der Waals surface area contributed by atoms with Crippen molar-refractivity contribution in [3.05, 3.63) is 35.4 Å². The van der Waals surface area contributed by atoms with E-state index in [2.05, 4.69) is 17.6 Å². The molecule has 1 heterocycles. The Labute approximate surface area is 101 Å². The molecule has 0 spiro atoms. The number of carbonyl (C=O) groups is 1. The zero-order valence-electron chi connectivity index (χ0n) is 9.86. The highest BCUT2D eigenvalue weighted by Crippen LogP contribution is 2.23. The van der Waals surface area contributed by atoms with Crippen molar-refractivity contribution in [2.24, 2.45) is 11.5 Å². The molecule has 0 saturated carbocycles. The molecule has 0 bridgehead atoms. The van der Waals surface area contributed by atoms with Crippen LogP contribution in [0, 0.1) is 0 Å². The van der Waals surface area contributed by atoms with Crippen LogP contribution in [0.2, 0.25) is 0 Å². The van der Waals surface area contributed by atoms with Crippen LogP contribution in [0.3, 0.4) is 0 Å². The molecule has 1 fully saturated rings. The van der Waals surface area contributed by atoms with Gasteiger partial charge in [-0.1, -0.05) is 12.1 Å². The topological polar surface area (TPSA) is 93.2 Å². The van der Waals surface area contributed by atoms with E-state index in [1.807, 2.05) is 18.2 Å². The largest absolute Gasteiger partial charge is 0.366 e. The van der Waals surface area contributed by atoms with Gasteiger partial charge < -0.3 is 16.8 Å². The molecule has 17 heavy (non-hydrogen) atoms. The van der Waals surface area contributed by atoms with Crippen LogP contribution in [0.25, 0.3) is 0 Å². The molecule has 1 aliphatic rings. The average Bonchev–Trinajstić information content (AvgIpc) is 2.29. The molecule has 92 valence electrons. The van der Waals surface area contributed by atoms with Gasteiger partial charge in [0, 0.05) is 18.7 Å². The lowest BCUT2D eigenvalue weighted by atomic mass is 9.89. The van der Waals surface area contributed by atoms with Crippen molar-refractivity contribution in [3.63, 3.8) is 0 Å². The first-order valence-corrected chi connectivity index (χ1v) is 5.66. The van der Waals surface area contributed by atoms with Crippen LogP contribution in [-0.2, 0) is 5.54 Å². The Balaban J connectivity index is 2.32. The number of primary amides is 1. The van der Waals surface area contributed by atoms with Crippen molar-refractivity contribution in [3.8, 4) is 0 Å². The molecule has 0 aliphatic carbocycles. The van der Waals surface area contributed by atoms with Gasteiger partial charge in [0.15, 0.2) is 0 Å². The fraction of sp³-hybridized carbons (Fsp3) is 0.417. The Morgan fingerprint density at radius 3 is 2.94 bits per heavy atom. The van der Waals surface area contributed by atoms with E-state index in [0.29, 0.717) is 5.56 Å². The van der Waals surface area contributed by atoms with E-state index >= 15 is 0 Å². The van der Waals surface area contributed by atoms with Crippen LogP contribution in [0.1, 0.15) is 22.8 Å². The monoisotopic (exact) mass is 234 g/mol. The number of carbonyl (C=O) groups excluding carboxylic acids is 1. The molecule has 2 atom stereocenters. The first-order chi connectivity index (χ1) is 8.01. The van der Waals surface area contributed by atoms with Gasteiger partial charge in [0.2, 0.25) is 5.91 Å². The molecule has 5 nitrogen and oxygen atoms in total. The van der Waals surface area contributed by atoms with Gasteiger partial charge in [0.05, 0.1) is 11.7 Å². The van der Waals surface area contributed by atoms with Gasteiger partial charge in [-0.15, -0.1) is 0 Å². The third kappa shape index (κ3) is 2.46. The minimum Gasteiger partial charge on any atom is -0.366 e. The molecule has 1 unspecified atom stereocenters. The van der Waals surface area contributed by atoms with Crippen molar-refractivity contribution in [2.45, 2.75) is 18.6 Å². The maximum atomic E-state index is 11.2. The molecular weight excluding hydrogens is 216 g/mol. The Kier molecular flexibility index (Phi) is 3.15. The van der Waals surface area contributed by atoms with Crippen LogP contribution in [0.5, 0.6) is 0 Å². The highest BCUT2D eigenvalue weighted by Gasteiger charge is 2.31. The van der Waals surface area contributed by atoms with Gasteiger partial charge in [-0.3, -0.25) is 10.1 Å². The molecule has 0 aromatic heterocycles. The molecule has 1 amide bonds. The molecule has 2 rings (SSSR count). The normalized spacial score (nSPS) is 28.9. The lowest BCUT2D eigenvalue weighted by molar-refractivity contribution is 0.1000. The summed E-state index contributed by atoms with van der Waals surface area (Å²) in [5.41, 5.74) is 12.4. The second kappa shape index (κ2) is 4.44. The first kappa shape index (κ1) is 12.0. The molecule has 5 heteroatoms. The zero-order valence-corrected chi connectivity index (χ0v) is 9.86. The lowest BCUT2D eigenvalue weighted by Gasteiger charge is -2.39. The highest BCUT2D eigenvalue weighted by molar-refractivity contribution is 5.92. The molecule has 0 radical (unpaired) electrons. The number of piperazine rings is 1. The smallest absolute Gasteiger partial charge is 0.248 e. The maximum Gasteiger partial charge on any atom is 0.248 e. The van der Waals surface area contributed by atoms with E-state index in [1.54, 1.807) is 6.07 Å². The second-order valence-electron chi connectivity index (χ2n) is 4.66. The van der Waals surface area contributed by atoms with Gasteiger partial charge >= 0.3 is 0 Å². The fourth-order valence-electron chi connectivity index (χ4n) is 2.19.